The standard InChI is InChI=1S/C16H17F2N3O4/c1-16(2,3)25-14(22)20-19-13-9-6-10(17)11(18)7-12(9)21(8-4-5-8)15(23)24-13/h6-8H,4-5H2,1-3H3,(H,20,22)/b19-13-. The van der Waals surface area contributed by atoms with Crippen LogP contribution < -0.4 is 16.7 Å². The molecule has 0 bridgehead atoms. The summed E-state index contributed by atoms with van der Waals surface area (Å²) in [5, 5.41) is 3.75. The summed E-state index contributed by atoms with van der Waals surface area (Å²) in [6, 6.07) is 1.69. The molecule has 2 aromatic rings. The van der Waals surface area contributed by atoms with Crippen molar-refractivity contribution in [2.24, 2.45) is 5.10 Å². The lowest BCUT2D eigenvalue weighted by Gasteiger charge is -2.18. The van der Waals surface area contributed by atoms with Crippen LogP contribution in [0.15, 0.2) is 26.4 Å². The lowest BCUT2D eigenvalue weighted by molar-refractivity contribution is 0.0524. The van der Waals surface area contributed by atoms with Gasteiger partial charge in [0.25, 0.3) is 5.55 Å². The van der Waals surface area contributed by atoms with Crippen LogP contribution in [-0.4, -0.2) is 16.3 Å². The van der Waals surface area contributed by atoms with Gasteiger partial charge in [-0.1, -0.05) is 0 Å². The van der Waals surface area contributed by atoms with Gasteiger partial charge >= 0.3 is 11.8 Å². The van der Waals surface area contributed by atoms with Crippen LogP contribution in [-0.2, 0) is 4.74 Å². The number of aromatic nitrogens is 1. The molecule has 1 amide bonds. The molecule has 1 aromatic carbocycles. The summed E-state index contributed by atoms with van der Waals surface area (Å²) in [7, 11) is 0. The van der Waals surface area contributed by atoms with Crippen molar-refractivity contribution in [2.75, 3.05) is 0 Å². The number of nitrogens with one attached hydrogen (secondary N) is 1. The maximum absolute atomic E-state index is 13.6. The summed E-state index contributed by atoms with van der Waals surface area (Å²) in [6.07, 6.45) is 0.622. The molecular weight excluding hydrogens is 336 g/mol. The maximum atomic E-state index is 13.6. The van der Waals surface area contributed by atoms with Crippen molar-refractivity contribution < 1.29 is 22.7 Å². The van der Waals surface area contributed by atoms with Gasteiger partial charge in [0.05, 0.1) is 10.9 Å². The molecule has 0 saturated heterocycles. The number of carbonyl (C=O) groups excluding carboxylic acids is 1. The number of hydrogen-bond donors (Lipinski definition) is 1. The minimum atomic E-state index is -1.11. The molecule has 9 heteroatoms. The smallest absolute Gasteiger partial charge is 0.428 e. The van der Waals surface area contributed by atoms with E-state index in [1.165, 1.54) is 4.57 Å². The molecule has 1 fully saturated rings. The molecule has 7 nitrogen and oxygen atoms in total. The molecule has 0 atom stereocenters. The molecule has 1 aromatic heterocycles. The first-order valence-corrected chi connectivity index (χ1v) is 7.73. The van der Waals surface area contributed by atoms with E-state index in [9.17, 15) is 18.4 Å². The Bertz CT molecular complexity index is 968. The van der Waals surface area contributed by atoms with Gasteiger partial charge in [-0.15, -0.1) is 5.10 Å². The number of fused-ring (bicyclic) bond motifs is 1. The van der Waals surface area contributed by atoms with Crippen molar-refractivity contribution in [1.82, 2.24) is 9.99 Å². The summed E-state index contributed by atoms with van der Waals surface area (Å²) in [5.74, 6) is -2.96. The molecule has 0 radical (unpaired) electrons. The van der Waals surface area contributed by atoms with E-state index in [0.717, 1.165) is 25.0 Å². The number of nitrogens with zero attached hydrogens (tertiary/aromatic N) is 2. The number of amides is 1. The fraction of sp³-hybridized carbons (Fsp3) is 0.438. The quantitative estimate of drug-likeness (QED) is 0.841. The Kier molecular flexibility index (Phi) is 4.09. The Hall–Kier alpha value is -2.71. The summed E-state index contributed by atoms with van der Waals surface area (Å²) < 4.78 is 38.6. The van der Waals surface area contributed by atoms with Crippen LogP contribution in [0.3, 0.4) is 0 Å². The summed E-state index contributed by atoms with van der Waals surface area (Å²) in [4.78, 5) is 23.9. The third-order valence-corrected chi connectivity index (χ3v) is 3.47. The van der Waals surface area contributed by atoms with Crippen LogP contribution in [0.2, 0.25) is 0 Å². The topological polar surface area (TPSA) is 85.8 Å². The van der Waals surface area contributed by atoms with Gasteiger partial charge in [-0.25, -0.2) is 23.8 Å². The molecule has 134 valence electrons. The lowest BCUT2D eigenvalue weighted by atomic mass is 10.2. The van der Waals surface area contributed by atoms with E-state index >= 15 is 0 Å². The van der Waals surface area contributed by atoms with Crippen LogP contribution in [0.1, 0.15) is 39.7 Å². The zero-order valence-corrected chi connectivity index (χ0v) is 13.9. The summed E-state index contributed by atoms with van der Waals surface area (Å²) in [6.45, 7) is 5.00. The van der Waals surface area contributed by atoms with Gasteiger partial charge in [0.2, 0.25) is 0 Å². The average molecular weight is 353 g/mol. The Labute approximate surface area is 140 Å². The zero-order chi connectivity index (χ0) is 18.4. The molecule has 1 N–H and O–H groups in total. The van der Waals surface area contributed by atoms with Crippen LogP contribution in [0.5, 0.6) is 0 Å². The molecule has 0 spiro atoms. The molecule has 3 rings (SSSR count). The van der Waals surface area contributed by atoms with E-state index in [1.807, 2.05) is 0 Å². The number of halogens is 2. The van der Waals surface area contributed by atoms with Gasteiger partial charge < -0.3 is 9.15 Å². The predicted molar refractivity (Wildman–Crippen MR) is 83.6 cm³/mol. The Morgan fingerprint density at radius 2 is 1.96 bits per heavy atom. The highest BCUT2D eigenvalue weighted by molar-refractivity contribution is 5.78. The van der Waals surface area contributed by atoms with Crippen molar-refractivity contribution >= 4 is 17.0 Å². The monoisotopic (exact) mass is 353 g/mol. The second-order valence-electron chi connectivity index (χ2n) is 6.78. The minimum absolute atomic E-state index is 0.0708. The molecular formula is C16H17F2N3O4. The first-order valence-electron chi connectivity index (χ1n) is 7.73. The second-order valence-corrected chi connectivity index (χ2v) is 6.78. The van der Waals surface area contributed by atoms with E-state index in [4.69, 9.17) is 9.15 Å². The van der Waals surface area contributed by atoms with Crippen molar-refractivity contribution in [2.45, 2.75) is 45.3 Å². The van der Waals surface area contributed by atoms with Gasteiger partial charge in [0.15, 0.2) is 11.6 Å². The van der Waals surface area contributed by atoms with E-state index in [0.29, 0.717) is 0 Å². The third-order valence-electron chi connectivity index (χ3n) is 3.47. The molecule has 0 aliphatic heterocycles. The molecule has 25 heavy (non-hydrogen) atoms. The Balaban J connectivity index is 2.11. The zero-order valence-electron chi connectivity index (χ0n) is 13.9. The number of benzene rings is 1. The number of hydrogen-bond acceptors (Lipinski definition) is 5. The van der Waals surface area contributed by atoms with E-state index < -0.39 is 29.1 Å². The minimum Gasteiger partial charge on any atom is -0.443 e. The Morgan fingerprint density at radius 3 is 2.56 bits per heavy atom. The van der Waals surface area contributed by atoms with Crippen molar-refractivity contribution in [3.8, 4) is 0 Å². The highest BCUT2D eigenvalue weighted by atomic mass is 19.2. The molecule has 1 saturated carbocycles. The van der Waals surface area contributed by atoms with Crippen molar-refractivity contribution in [3.63, 3.8) is 0 Å². The highest BCUT2D eigenvalue weighted by Crippen LogP contribution is 2.35. The fourth-order valence-electron chi connectivity index (χ4n) is 2.35. The first kappa shape index (κ1) is 17.1. The first-order chi connectivity index (χ1) is 11.7. The predicted octanol–water partition coefficient (Wildman–Crippen LogP) is 2.55. The van der Waals surface area contributed by atoms with Gasteiger partial charge in [-0.05, 0) is 39.7 Å². The summed E-state index contributed by atoms with van der Waals surface area (Å²) in [5.41, 5.74) is 1.16. The van der Waals surface area contributed by atoms with Crippen molar-refractivity contribution in [1.29, 1.82) is 0 Å². The lowest BCUT2D eigenvalue weighted by Crippen LogP contribution is -2.32. The van der Waals surface area contributed by atoms with E-state index in [1.54, 1.807) is 20.8 Å². The normalized spacial score (nSPS) is 15.5. The van der Waals surface area contributed by atoms with Crippen LogP contribution in [0.4, 0.5) is 13.6 Å². The third kappa shape index (κ3) is 3.70. The molecule has 0 unspecified atom stereocenters. The van der Waals surface area contributed by atoms with Gasteiger partial charge in [-0.3, -0.25) is 4.57 Å². The van der Waals surface area contributed by atoms with Gasteiger partial charge in [0, 0.05) is 12.1 Å². The fourth-order valence-corrected chi connectivity index (χ4v) is 2.35. The SMILES string of the molecule is CC(C)(C)OC(=O)N/N=c1\oc(=O)n(C2CC2)c2cc(F)c(F)cc12. The van der Waals surface area contributed by atoms with Gasteiger partial charge in [-0.2, -0.15) is 0 Å². The van der Waals surface area contributed by atoms with Gasteiger partial charge in [0.1, 0.15) is 5.60 Å². The molecule has 1 heterocycles. The second kappa shape index (κ2) is 5.98. The van der Waals surface area contributed by atoms with Crippen molar-refractivity contribution in [3.05, 3.63) is 39.9 Å². The average Bonchev–Trinajstić information content (AvgIpc) is 3.29. The van der Waals surface area contributed by atoms with E-state index in [-0.39, 0.29) is 22.5 Å². The number of ether oxygens (including phenoxy) is 1. The van der Waals surface area contributed by atoms with Crippen LogP contribution in [0.25, 0.3) is 10.9 Å². The largest absolute Gasteiger partial charge is 0.443 e. The Morgan fingerprint density at radius 1 is 1.32 bits per heavy atom. The van der Waals surface area contributed by atoms with Crippen LogP contribution >= 0.6 is 0 Å². The number of carbonyl (C=O) groups is 1. The summed E-state index contributed by atoms with van der Waals surface area (Å²) >= 11 is 0. The molecule has 1 aliphatic rings. The highest BCUT2D eigenvalue weighted by Gasteiger charge is 2.28. The maximum Gasteiger partial charge on any atom is 0.428 e. The van der Waals surface area contributed by atoms with E-state index in [2.05, 4.69) is 10.5 Å². The number of rotatable bonds is 2. The molecule has 1 aliphatic carbocycles. The van der Waals surface area contributed by atoms with Crippen LogP contribution in [0, 0.1) is 11.6 Å².